The summed E-state index contributed by atoms with van der Waals surface area (Å²) in [6.07, 6.45) is 8.23. The summed E-state index contributed by atoms with van der Waals surface area (Å²) < 4.78 is 0. The van der Waals surface area contributed by atoms with Gasteiger partial charge in [0.15, 0.2) is 6.29 Å². The molecule has 2 aromatic rings. The van der Waals surface area contributed by atoms with E-state index in [9.17, 15) is 4.79 Å². The minimum absolute atomic E-state index is 0.0715. The second-order valence-corrected chi connectivity index (χ2v) is 9.81. The fourth-order valence-corrected chi connectivity index (χ4v) is 5.83. The fourth-order valence-electron chi connectivity index (χ4n) is 5.68. The van der Waals surface area contributed by atoms with Crippen LogP contribution in [0.5, 0.6) is 0 Å². The molecule has 1 unspecified atom stereocenters. The Morgan fingerprint density at radius 1 is 1.22 bits per heavy atom. The summed E-state index contributed by atoms with van der Waals surface area (Å²) in [5.41, 5.74) is 6.63. The summed E-state index contributed by atoms with van der Waals surface area (Å²) in [6.45, 7) is 9.70. The number of anilines is 1. The summed E-state index contributed by atoms with van der Waals surface area (Å²) in [6, 6.07) is 7.81. The molecule has 166 valence electrons. The van der Waals surface area contributed by atoms with E-state index in [0.717, 1.165) is 35.3 Å². The number of rotatable bonds is 4. The Morgan fingerprint density at radius 2 is 2.00 bits per heavy atom. The molecule has 3 heterocycles. The van der Waals surface area contributed by atoms with Gasteiger partial charge < -0.3 is 10.2 Å². The van der Waals surface area contributed by atoms with Gasteiger partial charge in [0.25, 0.3) is 0 Å². The Morgan fingerprint density at radius 3 is 2.75 bits per heavy atom. The van der Waals surface area contributed by atoms with Gasteiger partial charge in [-0.25, -0.2) is 9.98 Å². The van der Waals surface area contributed by atoms with Gasteiger partial charge in [-0.15, -0.1) is 0 Å². The van der Waals surface area contributed by atoms with E-state index in [1.807, 2.05) is 0 Å². The van der Waals surface area contributed by atoms with E-state index in [4.69, 9.17) is 16.6 Å². The van der Waals surface area contributed by atoms with Crippen LogP contribution >= 0.6 is 11.6 Å². The molecular weight excluding hydrogens is 420 g/mol. The van der Waals surface area contributed by atoms with Gasteiger partial charge in [0.05, 0.1) is 17.4 Å². The predicted molar refractivity (Wildman–Crippen MR) is 131 cm³/mol. The van der Waals surface area contributed by atoms with Gasteiger partial charge in [0.1, 0.15) is 16.7 Å². The Bertz CT molecular complexity index is 1130. The number of aryl methyl sites for hydroxylation is 1. The number of pyridine rings is 1. The summed E-state index contributed by atoms with van der Waals surface area (Å²) >= 11 is 5.97. The molecule has 0 bridgehead atoms. The first kappa shape index (κ1) is 21.2. The van der Waals surface area contributed by atoms with Crippen molar-refractivity contribution in [3.63, 3.8) is 0 Å². The maximum absolute atomic E-state index is 11.5. The molecule has 2 aliphatic heterocycles. The highest BCUT2D eigenvalue weighted by molar-refractivity contribution is 6.29. The van der Waals surface area contributed by atoms with E-state index in [1.54, 1.807) is 12.1 Å². The number of nitrogens with zero attached hydrogens (tertiary/aromatic N) is 3. The SMILES string of the molecule is C=C1c2cc(C)cc(C(C)Nc3ccc(Cl)nc3C=O)c2N=C2N1CCC21CCCCC1. The van der Waals surface area contributed by atoms with Crippen molar-refractivity contribution in [3.05, 3.63) is 58.4 Å². The van der Waals surface area contributed by atoms with Gasteiger partial charge in [0.2, 0.25) is 0 Å². The van der Waals surface area contributed by atoms with Crippen LogP contribution in [0.4, 0.5) is 11.4 Å². The third-order valence-electron chi connectivity index (χ3n) is 7.33. The Labute approximate surface area is 194 Å². The van der Waals surface area contributed by atoms with Crippen LogP contribution in [0.25, 0.3) is 5.70 Å². The van der Waals surface area contributed by atoms with Gasteiger partial charge >= 0.3 is 0 Å². The lowest BCUT2D eigenvalue weighted by atomic mass is 9.72. The van der Waals surface area contributed by atoms with Crippen molar-refractivity contribution in [1.82, 2.24) is 9.88 Å². The van der Waals surface area contributed by atoms with E-state index < -0.39 is 0 Å². The fraction of sp³-hybridized carbons (Fsp3) is 0.423. The van der Waals surface area contributed by atoms with Crippen molar-refractivity contribution < 1.29 is 4.79 Å². The standard InChI is InChI=1S/C26H29ClN4O/c1-16-13-19(17(2)28-21-7-8-23(27)29-22(21)15-32)24-20(14-16)18(3)31-12-11-26(25(31)30-24)9-5-4-6-10-26/h7-8,13-15,17,28H,3-6,9-12H2,1-2H3. The van der Waals surface area contributed by atoms with Crippen molar-refractivity contribution >= 4 is 40.8 Å². The molecule has 1 N–H and O–H groups in total. The lowest BCUT2D eigenvalue weighted by Gasteiger charge is -2.38. The van der Waals surface area contributed by atoms with Crippen LogP contribution in [-0.2, 0) is 0 Å². The van der Waals surface area contributed by atoms with Crippen molar-refractivity contribution in [2.45, 2.75) is 58.4 Å². The monoisotopic (exact) mass is 448 g/mol. The summed E-state index contributed by atoms with van der Waals surface area (Å²) in [5.74, 6) is 1.22. The third kappa shape index (κ3) is 3.43. The molecule has 32 heavy (non-hydrogen) atoms. The Kier molecular flexibility index (Phi) is 5.32. The van der Waals surface area contributed by atoms with E-state index in [1.165, 1.54) is 49.9 Å². The van der Waals surface area contributed by atoms with Gasteiger partial charge in [0, 0.05) is 28.8 Å². The number of carbonyl (C=O) groups is 1. The molecule has 6 heteroatoms. The van der Waals surface area contributed by atoms with Crippen molar-refractivity contribution in [1.29, 1.82) is 0 Å². The smallest absolute Gasteiger partial charge is 0.170 e. The highest BCUT2D eigenvalue weighted by Crippen LogP contribution is 2.52. The molecule has 0 radical (unpaired) electrons. The molecular formula is C26H29ClN4O. The lowest BCUT2D eigenvalue weighted by Crippen LogP contribution is -2.37. The number of halogens is 1. The van der Waals surface area contributed by atoms with Crippen LogP contribution in [-0.4, -0.2) is 28.6 Å². The minimum atomic E-state index is -0.0715. The Hall–Kier alpha value is -2.66. The number of aldehydes is 1. The first-order valence-corrected chi connectivity index (χ1v) is 11.9. The molecule has 1 saturated carbocycles. The summed E-state index contributed by atoms with van der Waals surface area (Å²) in [4.78, 5) is 23.4. The topological polar surface area (TPSA) is 57.6 Å². The van der Waals surface area contributed by atoms with E-state index in [-0.39, 0.29) is 11.5 Å². The molecule has 1 spiro atoms. The van der Waals surface area contributed by atoms with Crippen LogP contribution < -0.4 is 5.32 Å². The number of aromatic nitrogens is 1. The van der Waals surface area contributed by atoms with E-state index in [2.05, 4.69) is 47.8 Å². The van der Waals surface area contributed by atoms with Gasteiger partial charge in [-0.3, -0.25) is 4.79 Å². The second-order valence-electron chi connectivity index (χ2n) is 9.43. The molecule has 3 aliphatic rings. The number of benzene rings is 1. The number of hydrogen-bond donors (Lipinski definition) is 1. The predicted octanol–water partition coefficient (Wildman–Crippen LogP) is 6.70. The minimum Gasteiger partial charge on any atom is -0.377 e. The Balaban J connectivity index is 1.57. The van der Waals surface area contributed by atoms with Crippen LogP contribution in [0.15, 0.2) is 35.8 Å². The maximum atomic E-state index is 11.5. The van der Waals surface area contributed by atoms with Crippen LogP contribution in [0.2, 0.25) is 5.15 Å². The van der Waals surface area contributed by atoms with E-state index in [0.29, 0.717) is 16.5 Å². The zero-order valence-corrected chi connectivity index (χ0v) is 19.5. The molecule has 1 atom stereocenters. The molecule has 5 nitrogen and oxygen atoms in total. The molecule has 1 aliphatic carbocycles. The maximum Gasteiger partial charge on any atom is 0.170 e. The largest absolute Gasteiger partial charge is 0.377 e. The highest BCUT2D eigenvalue weighted by Gasteiger charge is 2.47. The molecule has 0 amide bonds. The number of amidine groups is 1. The van der Waals surface area contributed by atoms with Crippen molar-refractivity contribution in [3.8, 4) is 0 Å². The normalized spacial score (nSPS) is 19.9. The number of aliphatic imine (C=N–C) groups is 1. The van der Waals surface area contributed by atoms with Crippen LogP contribution in [0.1, 0.15) is 78.7 Å². The lowest BCUT2D eigenvalue weighted by molar-refractivity contribution is 0.112. The molecule has 1 aromatic carbocycles. The van der Waals surface area contributed by atoms with Crippen LogP contribution in [0.3, 0.4) is 0 Å². The summed E-state index contributed by atoms with van der Waals surface area (Å²) in [7, 11) is 0. The average Bonchev–Trinajstić information content (AvgIpc) is 3.13. The van der Waals surface area contributed by atoms with Gasteiger partial charge in [-0.05, 0) is 56.9 Å². The zero-order chi connectivity index (χ0) is 22.5. The van der Waals surface area contributed by atoms with E-state index >= 15 is 0 Å². The highest BCUT2D eigenvalue weighted by atomic mass is 35.5. The number of hydrogen-bond acceptors (Lipinski definition) is 5. The number of nitrogens with one attached hydrogen (secondary N) is 1. The van der Waals surface area contributed by atoms with Crippen LogP contribution in [0, 0.1) is 12.3 Å². The first-order chi connectivity index (χ1) is 15.4. The molecule has 1 saturated heterocycles. The second kappa shape index (κ2) is 8.04. The number of fused-ring (bicyclic) bond motifs is 3. The molecule has 1 aromatic heterocycles. The first-order valence-electron chi connectivity index (χ1n) is 11.5. The number of carbonyl (C=O) groups excluding carboxylic acids is 1. The zero-order valence-electron chi connectivity index (χ0n) is 18.7. The van der Waals surface area contributed by atoms with Crippen molar-refractivity contribution in [2.75, 3.05) is 11.9 Å². The van der Waals surface area contributed by atoms with Gasteiger partial charge in [-0.2, -0.15) is 0 Å². The quantitative estimate of drug-likeness (QED) is 0.417. The third-order valence-corrected chi connectivity index (χ3v) is 7.54. The summed E-state index contributed by atoms with van der Waals surface area (Å²) in [5, 5.41) is 3.77. The molecule has 2 fully saturated rings. The van der Waals surface area contributed by atoms with Crippen molar-refractivity contribution in [2.24, 2.45) is 10.4 Å². The molecule has 5 rings (SSSR count). The van der Waals surface area contributed by atoms with Gasteiger partial charge in [-0.1, -0.05) is 43.5 Å². The average molecular weight is 449 g/mol.